The summed E-state index contributed by atoms with van der Waals surface area (Å²) in [7, 11) is -3.56. The fourth-order valence-electron chi connectivity index (χ4n) is 2.42. The molecule has 0 bridgehead atoms. The summed E-state index contributed by atoms with van der Waals surface area (Å²) in [5.41, 5.74) is 0.505. The molecular weight excluding hydrogens is 425 g/mol. The second-order valence-electron chi connectivity index (χ2n) is 5.44. The molecule has 0 aromatic carbocycles. The van der Waals surface area contributed by atoms with Crippen LogP contribution in [-0.4, -0.2) is 64.8 Å². The Balaban J connectivity index is 2.32. The molecule has 0 saturated heterocycles. The molecule has 1 aromatic heterocycles. The zero-order valence-corrected chi connectivity index (χ0v) is 15.0. The van der Waals surface area contributed by atoms with Gasteiger partial charge in [0.15, 0.2) is 0 Å². The molecule has 4 atom stereocenters. The molecule has 124 valence electrons. The van der Waals surface area contributed by atoms with Crippen molar-refractivity contribution in [2.24, 2.45) is 5.92 Å². The van der Waals surface area contributed by atoms with Gasteiger partial charge in [-0.2, -0.15) is 4.98 Å². The number of sulfone groups is 1. The molecule has 8 nitrogen and oxygen atoms in total. The minimum Gasteiger partial charge on any atom is -0.396 e. The Labute approximate surface area is 142 Å². The highest BCUT2D eigenvalue weighted by Crippen LogP contribution is 2.30. The van der Waals surface area contributed by atoms with Crippen molar-refractivity contribution in [1.82, 2.24) is 9.97 Å². The van der Waals surface area contributed by atoms with Gasteiger partial charge in [-0.05, 0) is 35.9 Å². The molecule has 10 heteroatoms. The second kappa shape index (κ2) is 6.51. The summed E-state index contributed by atoms with van der Waals surface area (Å²) in [6, 6.07) is -0.526. The highest BCUT2D eigenvalue weighted by molar-refractivity contribution is 14.1. The number of nitrogens with one attached hydrogen (secondary N) is 1. The molecule has 0 aliphatic heterocycles. The quantitative estimate of drug-likeness (QED) is 0.355. The normalized spacial score (nSPS) is 28.8. The van der Waals surface area contributed by atoms with E-state index in [4.69, 9.17) is 0 Å². The number of aromatic nitrogens is 2. The number of aryl methyl sites for hydroxylation is 1. The molecule has 1 heterocycles. The first-order valence-electron chi connectivity index (χ1n) is 6.63. The molecule has 2 rings (SSSR count). The zero-order chi connectivity index (χ0) is 16.7. The minimum absolute atomic E-state index is 0.231. The SMILES string of the molecule is Cc1nc(S(C)(=O)=O)nc(N[C@@H]2C[C@H](CO)[C@@H](O)[C@H]2O)c1I. The van der Waals surface area contributed by atoms with Gasteiger partial charge in [0.25, 0.3) is 0 Å². The van der Waals surface area contributed by atoms with Crippen molar-refractivity contribution in [2.45, 2.75) is 36.8 Å². The van der Waals surface area contributed by atoms with E-state index in [1.54, 1.807) is 6.92 Å². The second-order valence-corrected chi connectivity index (χ2v) is 8.42. The third-order valence-corrected chi connectivity index (χ3v) is 5.82. The number of nitrogens with zero attached hydrogens (tertiary/aromatic N) is 2. The Morgan fingerprint density at radius 2 is 1.95 bits per heavy atom. The van der Waals surface area contributed by atoms with Crippen molar-refractivity contribution in [3.63, 3.8) is 0 Å². The monoisotopic (exact) mass is 443 g/mol. The van der Waals surface area contributed by atoms with Crippen molar-refractivity contribution in [1.29, 1.82) is 0 Å². The molecule has 0 spiro atoms. The Morgan fingerprint density at radius 1 is 1.32 bits per heavy atom. The average molecular weight is 443 g/mol. The number of aliphatic hydroxyl groups excluding tert-OH is 3. The fraction of sp³-hybridized carbons (Fsp3) is 0.667. The largest absolute Gasteiger partial charge is 0.396 e. The number of hydrogen-bond donors (Lipinski definition) is 4. The van der Waals surface area contributed by atoms with Gasteiger partial charge in [-0.25, -0.2) is 13.4 Å². The Morgan fingerprint density at radius 3 is 2.45 bits per heavy atom. The van der Waals surface area contributed by atoms with E-state index in [1.165, 1.54) is 0 Å². The van der Waals surface area contributed by atoms with Crippen LogP contribution < -0.4 is 5.32 Å². The number of hydrogen-bond acceptors (Lipinski definition) is 8. The molecule has 0 amide bonds. The van der Waals surface area contributed by atoms with Crippen LogP contribution in [0.25, 0.3) is 0 Å². The number of rotatable bonds is 4. The number of halogens is 1. The highest BCUT2D eigenvalue weighted by Gasteiger charge is 2.41. The summed E-state index contributed by atoms with van der Waals surface area (Å²) in [4.78, 5) is 7.95. The third kappa shape index (κ3) is 3.50. The van der Waals surface area contributed by atoms with Crippen molar-refractivity contribution in [3.05, 3.63) is 9.26 Å². The maximum Gasteiger partial charge on any atom is 0.249 e. The summed E-state index contributed by atoms with van der Waals surface area (Å²) < 4.78 is 23.9. The van der Waals surface area contributed by atoms with E-state index >= 15 is 0 Å². The van der Waals surface area contributed by atoms with E-state index in [-0.39, 0.29) is 11.8 Å². The van der Waals surface area contributed by atoms with Crippen LogP contribution in [0.15, 0.2) is 5.16 Å². The lowest BCUT2D eigenvalue weighted by Crippen LogP contribution is -2.36. The van der Waals surface area contributed by atoms with Crippen LogP contribution in [0.5, 0.6) is 0 Å². The first-order chi connectivity index (χ1) is 10.1. The van der Waals surface area contributed by atoms with E-state index in [0.29, 0.717) is 21.5 Å². The van der Waals surface area contributed by atoms with Crippen LogP contribution in [0, 0.1) is 16.4 Å². The van der Waals surface area contributed by atoms with Gasteiger partial charge in [-0.15, -0.1) is 0 Å². The van der Waals surface area contributed by atoms with Crippen molar-refractivity contribution < 1.29 is 23.7 Å². The van der Waals surface area contributed by atoms with Gasteiger partial charge in [0.2, 0.25) is 15.0 Å². The maximum atomic E-state index is 11.6. The lowest BCUT2D eigenvalue weighted by molar-refractivity contribution is 0.00444. The lowest BCUT2D eigenvalue weighted by atomic mass is 10.1. The van der Waals surface area contributed by atoms with Crippen LogP contribution in [0.2, 0.25) is 0 Å². The predicted octanol–water partition coefficient (Wildman–Crippen LogP) is -0.692. The summed E-state index contributed by atoms with van der Waals surface area (Å²) >= 11 is 1.99. The van der Waals surface area contributed by atoms with Gasteiger partial charge in [0.1, 0.15) is 11.9 Å². The van der Waals surface area contributed by atoms with Gasteiger partial charge < -0.3 is 20.6 Å². The zero-order valence-electron chi connectivity index (χ0n) is 12.1. The Hall–Kier alpha value is -0.560. The minimum atomic E-state index is -3.56. The van der Waals surface area contributed by atoms with Crippen LogP contribution >= 0.6 is 22.6 Å². The van der Waals surface area contributed by atoms with Crippen LogP contribution in [0.4, 0.5) is 5.82 Å². The van der Waals surface area contributed by atoms with Crippen molar-refractivity contribution in [3.8, 4) is 0 Å². The Kier molecular flexibility index (Phi) is 5.27. The van der Waals surface area contributed by atoms with Gasteiger partial charge in [-0.3, -0.25) is 0 Å². The average Bonchev–Trinajstić information content (AvgIpc) is 2.70. The van der Waals surface area contributed by atoms with Gasteiger partial charge in [-0.1, -0.05) is 0 Å². The van der Waals surface area contributed by atoms with Gasteiger partial charge in [0.05, 0.1) is 21.4 Å². The molecular formula is C12H18IN3O5S. The molecule has 0 unspecified atom stereocenters. The molecule has 22 heavy (non-hydrogen) atoms. The molecule has 1 saturated carbocycles. The Bertz CT molecular complexity index is 669. The molecule has 1 aliphatic rings. The molecule has 1 aliphatic carbocycles. The van der Waals surface area contributed by atoms with Crippen LogP contribution in [0.3, 0.4) is 0 Å². The van der Waals surface area contributed by atoms with E-state index in [0.717, 1.165) is 6.26 Å². The molecule has 1 aromatic rings. The summed E-state index contributed by atoms with van der Waals surface area (Å²) in [6.07, 6.45) is -0.719. The van der Waals surface area contributed by atoms with E-state index < -0.39 is 34.0 Å². The highest BCUT2D eigenvalue weighted by atomic mass is 127. The van der Waals surface area contributed by atoms with Crippen LogP contribution in [0.1, 0.15) is 12.1 Å². The van der Waals surface area contributed by atoms with E-state index in [1.807, 2.05) is 22.6 Å². The fourth-order valence-corrected chi connectivity index (χ4v) is 3.38. The summed E-state index contributed by atoms with van der Waals surface area (Å²) in [5.74, 6) is -0.133. The standard InChI is InChI=1S/C12H18IN3O5S/c1-5-8(13)11(16-12(14-5)22(2,20)21)15-7-3-6(4-17)9(18)10(7)19/h6-7,9-10,17-19H,3-4H2,1-2H3,(H,14,15,16)/t6-,7-,9-,10+/m1/s1. The predicted molar refractivity (Wildman–Crippen MR) is 87.2 cm³/mol. The topological polar surface area (TPSA) is 133 Å². The first-order valence-corrected chi connectivity index (χ1v) is 9.60. The molecule has 1 fully saturated rings. The molecule has 4 N–H and O–H groups in total. The first kappa shape index (κ1) is 17.8. The van der Waals surface area contributed by atoms with Crippen molar-refractivity contribution in [2.75, 3.05) is 18.2 Å². The van der Waals surface area contributed by atoms with E-state index in [2.05, 4.69) is 15.3 Å². The maximum absolute atomic E-state index is 11.6. The number of anilines is 1. The smallest absolute Gasteiger partial charge is 0.249 e. The summed E-state index contributed by atoms with van der Waals surface area (Å²) in [5, 5.41) is 31.7. The van der Waals surface area contributed by atoms with Gasteiger partial charge in [0, 0.05) is 18.8 Å². The van der Waals surface area contributed by atoms with Gasteiger partial charge >= 0.3 is 0 Å². The van der Waals surface area contributed by atoms with E-state index in [9.17, 15) is 23.7 Å². The van der Waals surface area contributed by atoms with Crippen molar-refractivity contribution >= 4 is 38.2 Å². The van der Waals surface area contributed by atoms with Crippen LogP contribution in [-0.2, 0) is 9.84 Å². The summed E-state index contributed by atoms with van der Waals surface area (Å²) in [6.45, 7) is 1.44. The molecule has 0 radical (unpaired) electrons. The third-order valence-electron chi connectivity index (χ3n) is 3.69. The number of aliphatic hydroxyl groups is 3. The lowest BCUT2D eigenvalue weighted by Gasteiger charge is -2.20.